The van der Waals surface area contributed by atoms with Gasteiger partial charge in [-0.3, -0.25) is 9.59 Å². The van der Waals surface area contributed by atoms with Gasteiger partial charge >= 0.3 is 0 Å². The van der Waals surface area contributed by atoms with Gasteiger partial charge in [0.1, 0.15) is 11.4 Å². The molecule has 31 heavy (non-hydrogen) atoms. The van der Waals surface area contributed by atoms with Gasteiger partial charge < -0.3 is 10.1 Å². The second-order valence-corrected chi connectivity index (χ2v) is 7.63. The third kappa shape index (κ3) is 3.70. The SMILES string of the molecule is COc1ccc(C2=C(Nc3ccc(C)cc3)C(=O)N(c3cccc(C)c3C)C2=O)cc1. The van der Waals surface area contributed by atoms with E-state index in [1.807, 2.05) is 57.2 Å². The number of carbonyl (C=O) groups is 2. The zero-order valence-electron chi connectivity index (χ0n) is 18.0. The molecule has 0 aliphatic carbocycles. The Morgan fingerprint density at radius 3 is 2.13 bits per heavy atom. The van der Waals surface area contributed by atoms with Crippen LogP contribution in [0.4, 0.5) is 11.4 Å². The maximum Gasteiger partial charge on any atom is 0.282 e. The van der Waals surface area contributed by atoms with Crippen molar-refractivity contribution in [1.29, 1.82) is 0 Å². The quantitative estimate of drug-likeness (QED) is 0.598. The smallest absolute Gasteiger partial charge is 0.282 e. The molecular formula is C26H24N2O3. The van der Waals surface area contributed by atoms with Gasteiger partial charge in [0, 0.05) is 5.69 Å². The van der Waals surface area contributed by atoms with Crippen molar-refractivity contribution in [2.24, 2.45) is 0 Å². The van der Waals surface area contributed by atoms with E-state index in [9.17, 15) is 9.59 Å². The largest absolute Gasteiger partial charge is 0.497 e. The van der Waals surface area contributed by atoms with Crippen molar-refractivity contribution in [3.8, 4) is 5.75 Å². The summed E-state index contributed by atoms with van der Waals surface area (Å²) in [5, 5.41) is 3.20. The number of ether oxygens (including phenoxy) is 1. The van der Waals surface area contributed by atoms with Crippen molar-refractivity contribution in [2.75, 3.05) is 17.3 Å². The van der Waals surface area contributed by atoms with Crippen LogP contribution >= 0.6 is 0 Å². The maximum absolute atomic E-state index is 13.6. The molecule has 0 bridgehead atoms. The van der Waals surface area contributed by atoms with Crippen molar-refractivity contribution in [2.45, 2.75) is 20.8 Å². The Morgan fingerprint density at radius 2 is 1.48 bits per heavy atom. The highest BCUT2D eigenvalue weighted by molar-refractivity contribution is 6.46. The Morgan fingerprint density at radius 1 is 0.806 bits per heavy atom. The molecular weight excluding hydrogens is 388 g/mol. The molecule has 0 fully saturated rings. The van der Waals surface area contributed by atoms with Crippen LogP contribution < -0.4 is 15.0 Å². The van der Waals surface area contributed by atoms with Crippen LogP contribution in [0.25, 0.3) is 5.57 Å². The van der Waals surface area contributed by atoms with Crippen molar-refractivity contribution < 1.29 is 14.3 Å². The summed E-state index contributed by atoms with van der Waals surface area (Å²) < 4.78 is 5.24. The van der Waals surface area contributed by atoms with Gasteiger partial charge in [-0.1, -0.05) is 42.0 Å². The molecule has 2 amide bonds. The minimum atomic E-state index is -0.370. The number of carbonyl (C=O) groups excluding carboxylic acids is 2. The fourth-order valence-corrected chi connectivity index (χ4v) is 3.65. The molecule has 0 saturated heterocycles. The van der Waals surface area contributed by atoms with Gasteiger partial charge in [-0.2, -0.15) is 0 Å². The van der Waals surface area contributed by atoms with Crippen LogP contribution in [-0.4, -0.2) is 18.9 Å². The van der Waals surface area contributed by atoms with Gasteiger partial charge in [-0.15, -0.1) is 0 Å². The third-order valence-corrected chi connectivity index (χ3v) is 5.60. The summed E-state index contributed by atoms with van der Waals surface area (Å²) in [5.74, 6) is -0.0378. The molecule has 1 heterocycles. The molecule has 1 aliphatic heterocycles. The molecule has 0 unspecified atom stereocenters. The number of amides is 2. The number of nitrogens with one attached hydrogen (secondary N) is 1. The van der Waals surface area contributed by atoms with E-state index in [4.69, 9.17) is 4.74 Å². The lowest BCUT2D eigenvalue weighted by Gasteiger charge is -2.19. The third-order valence-electron chi connectivity index (χ3n) is 5.60. The van der Waals surface area contributed by atoms with Crippen LogP contribution in [0.3, 0.4) is 0 Å². The van der Waals surface area contributed by atoms with E-state index >= 15 is 0 Å². The van der Waals surface area contributed by atoms with Gasteiger partial charge in [0.05, 0.1) is 18.4 Å². The van der Waals surface area contributed by atoms with Crippen LogP contribution in [0.15, 0.2) is 72.4 Å². The summed E-state index contributed by atoms with van der Waals surface area (Å²) in [5.41, 5.74) is 5.63. The van der Waals surface area contributed by atoms with E-state index in [0.29, 0.717) is 22.6 Å². The molecule has 0 spiro atoms. The number of imide groups is 1. The summed E-state index contributed by atoms with van der Waals surface area (Å²) in [6.07, 6.45) is 0. The van der Waals surface area contributed by atoms with Crippen LogP contribution in [-0.2, 0) is 9.59 Å². The van der Waals surface area contributed by atoms with E-state index in [-0.39, 0.29) is 17.5 Å². The number of methoxy groups -OCH3 is 1. The normalized spacial score (nSPS) is 13.7. The second-order valence-electron chi connectivity index (χ2n) is 7.63. The summed E-state index contributed by atoms with van der Waals surface area (Å²) in [4.78, 5) is 28.3. The first-order valence-corrected chi connectivity index (χ1v) is 10.1. The predicted molar refractivity (Wildman–Crippen MR) is 123 cm³/mol. The minimum Gasteiger partial charge on any atom is -0.497 e. The Balaban J connectivity index is 1.83. The molecule has 3 aromatic carbocycles. The topological polar surface area (TPSA) is 58.6 Å². The first-order valence-electron chi connectivity index (χ1n) is 10.1. The van der Waals surface area contributed by atoms with Crippen molar-refractivity contribution >= 4 is 28.8 Å². The van der Waals surface area contributed by atoms with Crippen LogP contribution in [0.2, 0.25) is 0 Å². The fraction of sp³-hybridized carbons (Fsp3) is 0.154. The molecule has 0 atom stereocenters. The molecule has 1 aliphatic rings. The predicted octanol–water partition coefficient (Wildman–Crippen LogP) is 5.02. The van der Waals surface area contributed by atoms with Gasteiger partial charge in [-0.25, -0.2) is 4.90 Å². The number of hydrogen-bond acceptors (Lipinski definition) is 4. The summed E-state index contributed by atoms with van der Waals surface area (Å²) in [6, 6.07) is 20.5. The van der Waals surface area contributed by atoms with Crippen LogP contribution in [0.5, 0.6) is 5.75 Å². The first kappa shape index (κ1) is 20.4. The first-order chi connectivity index (χ1) is 14.9. The fourth-order valence-electron chi connectivity index (χ4n) is 3.65. The van der Waals surface area contributed by atoms with Gasteiger partial charge in [-0.05, 0) is 67.8 Å². The number of aryl methyl sites for hydroxylation is 2. The minimum absolute atomic E-state index is 0.264. The summed E-state index contributed by atoms with van der Waals surface area (Å²) >= 11 is 0. The van der Waals surface area contributed by atoms with E-state index < -0.39 is 0 Å². The van der Waals surface area contributed by atoms with E-state index in [0.717, 1.165) is 22.4 Å². The lowest BCUT2D eigenvalue weighted by atomic mass is 10.0. The monoisotopic (exact) mass is 412 g/mol. The number of anilines is 2. The van der Waals surface area contributed by atoms with E-state index in [1.54, 1.807) is 37.4 Å². The summed E-state index contributed by atoms with van der Waals surface area (Å²) in [6.45, 7) is 5.88. The Hall–Kier alpha value is -3.86. The summed E-state index contributed by atoms with van der Waals surface area (Å²) in [7, 11) is 1.59. The lowest BCUT2D eigenvalue weighted by Crippen LogP contribution is -2.33. The molecule has 3 aromatic rings. The van der Waals surface area contributed by atoms with Crippen LogP contribution in [0.1, 0.15) is 22.3 Å². The Bertz CT molecular complexity index is 1190. The lowest BCUT2D eigenvalue weighted by molar-refractivity contribution is -0.120. The molecule has 0 saturated carbocycles. The molecule has 5 nitrogen and oxygen atoms in total. The molecule has 0 radical (unpaired) electrons. The highest BCUT2D eigenvalue weighted by Gasteiger charge is 2.40. The van der Waals surface area contributed by atoms with E-state index in [2.05, 4.69) is 5.32 Å². The van der Waals surface area contributed by atoms with Gasteiger partial charge in [0.15, 0.2) is 0 Å². The zero-order chi connectivity index (χ0) is 22.1. The maximum atomic E-state index is 13.6. The molecule has 4 rings (SSSR count). The highest BCUT2D eigenvalue weighted by atomic mass is 16.5. The molecule has 5 heteroatoms. The van der Waals surface area contributed by atoms with Crippen LogP contribution in [0, 0.1) is 20.8 Å². The van der Waals surface area contributed by atoms with Gasteiger partial charge in [0.2, 0.25) is 0 Å². The average Bonchev–Trinajstić information content (AvgIpc) is 3.01. The average molecular weight is 412 g/mol. The molecule has 1 N–H and O–H groups in total. The van der Waals surface area contributed by atoms with Crippen molar-refractivity contribution in [3.63, 3.8) is 0 Å². The van der Waals surface area contributed by atoms with E-state index in [1.165, 1.54) is 4.90 Å². The molecule has 156 valence electrons. The van der Waals surface area contributed by atoms with Crippen molar-refractivity contribution in [1.82, 2.24) is 0 Å². The standard InChI is InChI=1S/C26H24N2O3/c1-16-8-12-20(13-9-16)27-24-23(19-10-14-21(31-4)15-11-19)25(29)28(26(24)30)22-7-5-6-17(2)18(22)3/h5-15,27H,1-4H3. The number of nitrogens with zero attached hydrogens (tertiary/aromatic N) is 1. The Kier molecular flexibility index (Phi) is 5.34. The number of benzene rings is 3. The number of hydrogen-bond donors (Lipinski definition) is 1. The highest BCUT2D eigenvalue weighted by Crippen LogP contribution is 2.36. The zero-order valence-corrected chi connectivity index (χ0v) is 18.0. The molecule has 0 aromatic heterocycles. The number of rotatable bonds is 5. The van der Waals surface area contributed by atoms with Crippen molar-refractivity contribution in [3.05, 3.63) is 94.7 Å². The second kappa shape index (κ2) is 8.11. The Labute approximate surface area is 182 Å². The van der Waals surface area contributed by atoms with Gasteiger partial charge in [0.25, 0.3) is 11.8 Å².